The number of hydrogen-bond donors (Lipinski definition) is 0. The van der Waals surface area contributed by atoms with Gasteiger partial charge in [-0.2, -0.15) is 0 Å². The van der Waals surface area contributed by atoms with Gasteiger partial charge in [-0.3, -0.25) is 9.98 Å². The summed E-state index contributed by atoms with van der Waals surface area (Å²) in [6.07, 6.45) is 10.5. The van der Waals surface area contributed by atoms with E-state index < -0.39 is 7.92 Å². The maximum atomic E-state index is 5.08. The molecule has 4 aromatic rings. The first-order valence-electron chi connectivity index (χ1n) is 11.2. The quantitative estimate of drug-likeness (QED) is 0.245. The van der Waals surface area contributed by atoms with Gasteiger partial charge in [-0.15, -0.1) is 0 Å². The molecular formula is C30H25N2P. The summed E-state index contributed by atoms with van der Waals surface area (Å²) in [5.41, 5.74) is 3.67. The third-order valence-corrected chi connectivity index (χ3v) is 8.48. The van der Waals surface area contributed by atoms with Crippen LogP contribution in [-0.4, -0.2) is 16.9 Å². The first-order valence-corrected chi connectivity index (χ1v) is 12.6. The number of pyridine rings is 1. The SMILES string of the molecule is C1=CC(P(c2ccccc2)c2ccccc2)C([C@H](N=Cc2ccccn2)c2ccccc2)=C1. The van der Waals surface area contributed by atoms with Crippen LogP contribution in [0.3, 0.4) is 0 Å². The number of aromatic nitrogens is 1. The van der Waals surface area contributed by atoms with Gasteiger partial charge in [0.25, 0.3) is 0 Å². The molecule has 33 heavy (non-hydrogen) atoms. The fourth-order valence-electron chi connectivity index (χ4n) is 4.22. The Kier molecular flexibility index (Phi) is 6.66. The zero-order valence-electron chi connectivity index (χ0n) is 18.3. The lowest BCUT2D eigenvalue weighted by Gasteiger charge is -2.29. The second kappa shape index (κ2) is 10.3. The first kappa shape index (κ1) is 21.2. The standard InChI is InChI=1S/C30H25N2P/c1-4-13-24(14-5-1)30(32-23-25-15-10-11-22-31-25)28-20-12-21-29(28)33(26-16-6-2-7-17-26)27-18-8-3-9-19-27/h1-23,29-30H/t29?,30-/m1/s1. The summed E-state index contributed by atoms with van der Waals surface area (Å²) in [4.78, 5) is 9.52. The van der Waals surface area contributed by atoms with Gasteiger partial charge in [0.15, 0.2) is 0 Å². The van der Waals surface area contributed by atoms with Gasteiger partial charge in [-0.1, -0.05) is 115 Å². The van der Waals surface area contributed by atoms with Crippen molar-refractivity contribution >= 4 is 24.7 Å². The molecule has 1 unspecified atom stereocenters. The highest BCUT2D eigenvalue weighted by atomic mass is 31.1. The molecule has 0 bridgehead atoms. The average Bonchev–Trinajstić information content (AvgIpc) is 3.36. The Balaban J connectivity index is 1.57. The molecule has 3 aromatic carbocycles. The van der Waals surface area contributed by atoms with Crippen LogP contribution < -0.4 is 10.6 Å². The Hall–Kier alpha value is -3.61. The van der Waals surface area contributed by atoms with Crippen molar-refractivity contribution in [3.63, 3.8) is 0 Å². The third-order valence-electron chi connectivity index (χ3n) is 5.75. The summed E-state index contributed by atoms with van der Waals surface area (Å²) in [6, 6.07) is 38.2. The molecule has 0 saturated carbocycles. The van der Waals surface area contributed by atoms with Crippen molar-refractivity contribution < 1.29 is 0 Å². The van der Waals surface area contributed by atoms with Crippen LogP contribution in [0.15, 0.2) is 144 Å². The highest BCUT2D eigenvalue weighted by Crippen LogP contribution is 2.49. The molecule has 3 heteroatoms. The molecule has 2 nitrogen and oxygen atoms in total. The molecule has 1 aliphatic carbocycles. The van der Waals surface area contributed by atoms with Crippen molar-refractivity contribution in [2.75, 3.05) is 0 Å². The van der Waals surface area contributed by atoms with E-state index in [1.165, 1.54) is 21.7 Å². The predicted octanol–water partition coefficient (Wildman–Crippen LogP) is 6.24. The average molecular weight is 445 g/mol. The highest BCUT2D eigenvalue weighted by molar-refractivity contribution is 7.74. The van der Waals surface area contributed by atoms with Crippen molar-refractivity contribution in [2.45, 2.75) is 11.7 Å². The molecule has 0 saturated heterocycles. The monoisotopic (exact) mass is 444 g/mol. The van der Waals surface area contributed by atoms with Crippen LogP contribution in [0.2, 0.25) is 0 Å². The van der Waals surface area contributed by atoms with E-state index in [0.29, 0.717) is 0 Å². The molecule has 1 aliphatic rings. The number of allylic oxidation sites excluding steroid dienone is 3. The van der Waals surface area contributed by atoms with E-state index in [1.807, 2.05) is 30.6 Å². The minimum absolute atomic E-state index is 0.0642. The van der Waals surface area contributed by atoms with Crippen LogP contribution in [0.4, 0.5) is 0 Å². The Bertz CT molecular complexity index is 1210. The summed E-state index contributed by atoms with van der Waals surface area (Å²) in [5, 5.41) is 2.75. The van der Waals surface area contributed by atoms with Gasteiger partial charge in [-0.25, -0.2) is 0 Å². The minimum Gasteiger partial charge on any atom is -0.278 e. The lowest BCUT2D eigenvalue weighted by molar-refractivity contribution is 0.836. The van der Waals surface area contributed by atoms with Gasteiger partial charge in [0.05, 0.1) is 11.7 Å². The smallest absolute Gasteiger partial charge is 0.0972 e. The lowest BCUT2D eigenvalue weighted by Crippen LogP contribution is -2.23. The van der Waals surface area contributed by atoms with Crippen LogP contribution >= 0.6 is 7.92 Å². The summed E-state index contributed by atoms with van der Waals surface area (Å²) in [6.45, 7) is 0. The maximum absolute atomic E-state index is 5.08. The van der Waals surface area contributed by atoms with Crippen molar-refractivity contribution in [1.29, 1.82) is 0 Å². The molecule has 0 aliphatic heterocycles. The molecule has 0 radical (unpaired) electrons. The Morgan fingerprint density at radius 3 is 1.94 bits per heavy atom. The Morgan fingerprint density at radius 1 is 0.727 bits per heavy atom. The van der Waals surface area contributed by atoms with Crippen LogP contribution in [0.1, 0.15) is 17.3 Å². The molecule has 1 heterocycles. The maximum Gasteiger partial charge on any atom is 0.0972 e. The normalized spacial score (nSPS) is 16.3. The van der Waals surface area contributed by atoms with Crippen LogP contribution in [0.25, 0.3) is 0 Å². The van der Waals surface area contributed by atoms with Gasteiger partial charge in [0.2, 0.25) is 0 Å². The van der Waals surface area contributed by atoms with Gasteiger partial charge in [0, 0.05) is 18.1 Å². The van der Waals surface area contributed by atoms with Crippen LogP contribution in [0.5, 0.6) is 0 Å². The molecule has 0 spiro atoms. The van der Waals surface area contributed by atoms with Crippen molar-refractivity contribution in [2.24, 2.45) is 4.99 Å². The van der Waals surface area contributed by atoms with E-state index in [-0.39, 0.29) is 11.7 Å². The van der Waals surface area contributed by atoms with E-state index in [9.17, 15) is 0 Å². The van der Waals surface area contributed by atoms with E-state index in [4.69, 9.17) is 4.99 Å². The number of rotatable bonds is 7. The van der Waals surface area contributed by atoms with Gasteiger partial charge in [0.1, 0.15) is 0 Å². The zero-order valence-corrected chi connectivity index (χ0v) is 19.2. The summed E-state index contributed by atoms with van der Waals surface area (Å²) < 4.78 is 0. The molecule has 0 fully saturated rings. The van der Waals surface area contributed by atoms with Gasteiger partial charge < -0.3 is 0 Å². The van der Waals surface area contributed by atoms with Crippen molar-refractivity contribution in [3.8, 4) is 0 Å². The number of aliphatic imine (C=N–C) groups is 1. The summed E-state index contributed by atoms with van der Waals surface area (Å²) in [5.74, 6) is 0. The van der Waals surface area contributed by atoms with Crippen LogP contribution in [-0.2, 0) is 0 Å². The molecule has 160 valence electrons. The van der Waals surface area contributed by atoms with Gasteiger partial charge in [-0.05, 0) is 41.8 Å². The Labute approximate surface area is 196 Å². The highest BCUT2D eigenvalue weighted by Gasteiger charge is 2.32. The van der Waals surface area contributed by atoms with Crippen LogP contribution in [0, 0.1) is 0 Å². The second-order valence-corrected chi connectivity index (χ2v) is 10.2. The zero-order chi connectivity index (χ0) is 22.3. The Morgan fingerprint density at radius 2 is 1.33 bits per heavy atom. The minimum atomic E-state index is -0.624. The third kappa shape index (κ3) is 4.92. The number of benzene rings is 3. The van der Waals surface area contributed by atoms with Gasteiger partial charge >= 0.3 is 0 Å². The molecular weight excluding hydrogens is 419 g/mol. The molecule has 5 rings (SSSR count). The molecule has 0 amide bonds. The van der Waals surface area contributed by atoms with E-state index in [1.54, 1.807) is 0 Å². The fraction of sp³-hybridized carbons (Fsp3) is 0.0667. The fourth-order valence-corrected chi connectivity index (χ4v) is 6.94. The lowest BCUT2D eigenvalue weighted by atomic mass is 9.98. The van der Waals surface area contributed by atoms with E-state index in [2.05, 4.69) is 114 Å². The molecule has 1 aromatic heterocycles. The van der Waals surface area contributed by atoms with Crippen molar-refractivity contribution in [3.05, 3.63) is 150 Å². The largest absolute Gasteiger partial charge is 0.278 e. The molecule has 2 atom stereocenters. The van der Waals surface area contributed by atoms with E-state index in [0.717, 1.165) is 5.69 Å². The number of hydrogen-bond acceptors (Lipinski definition) is 2. The number of nitrogens with zero attached hydrogens (tertiary/aromatic N) is 2. The summed E-state index contributed by atoms with van der Waals surface area (Å²) >= 11 is 0. The van der Waals surface area contributed by atoms with E-state index >= 15 is 0 Å². The van der Waals surface area contributed by atoms with Crippen molar-refractivity contribution in [1.82, 2.24) is 4.98 Å². The topological polar surface area (TPSA) is 25.2 Å². The second-order valence-electron chi connectivity index (χ2n) is 7.88. The predicted molar refractivity (Wildman–Crippen MR) is 141 cm³/mol. The molecule has 0 N–H and O–H groups in total. The first-order chi connectivity index (χ1) is 16.4. The summed E-state index contributed by atoms with van der Waals surface area (Å²) in [7, 11) is -0.624.